The summed E-state index contributed by atoms with van der Waals surface area (Å²) in [7, 11) is 1.76. The van der Waals surface area contributed by atoms with E-state index >= 15 is 0 Å². The van der Waals surface area contributed by atoms with Crippen LogP contribution in [0, 0.1) is 11.7 Å². The molecule has 1 aliphatic rings. The van der Waals surface area contributed by atoms with E-state index in [1.807, 2.05) is 6.07 Å². The van der Waals surface area contributed by atoms with Gasteiger partial charge in [0.25, 0.3) is 5.91 Å². The van der Waals surface area contributed by atoms with E-state index in [9.17, 15) is 9.18 Å². The Bertz CT molecular complexity index is 728. The largest absolute Gasteiger partial charge is 0.489 e. The minimum absolute atomic E-state index is 0.0131. The van der Waals surface area contributed by atoms with Crippen molar-refractivity contribution < 1.29 is 13.9 Å². The van der Waals surface area contributed by atoms with Crippen molar-refractivity contribution in [2.45, 2.75) is 26.2 Å². The number of carbonyl (C=O) groups is 1. The van der Waals surface area contributed by atoms with E-state index in [2.05, 4.69) is 6.92 Å². The van der Waals surface area contributed by atoms with Gasteiger partial charge in [-0.2, -0.15) is 0 Å². The Morgan fingerprint density at radius 2 is 2.21 bits per heavy atom. The summed E-state index contributed by atoms with van der Waals surface area (Å²) in [4.78, 5) is 16.3. The summed E-state index contributed by atoms with van der Waals surface area (Å²) < 4.78 is 18.9. The Balaban J connectivity index is 1.56. The topological polar surface area (TPSA) is 29.5 Å². The third kappa shape index (κ3) is 3.78. The number of ether oxygens (including phenoxy) is 1. The summed E-state index contributed by atoms with van der Waals surface area (Å²) >= 11 is 1.61. The fourth-order valence-electron chi connectivity index (χ4n) is 2.96. The molecule has 1 aromatic heterocycles. The van der Waals surface area contributed by atoms with Crippen LogP contribution in [0.15, 0.2) is 30.3 Å². The summed E-state index contributed by atoms with van der Waals surface area (Å²) in [5.74, 6) is 0.548. The normalized spacial score (nSPS) is 16.5. The second kappa shape index (κ2) is 7.34. The molecule has 24 heavy (non-hydrogen) atoms. The highest BCUT2D eigenvalue weighted by molar-refractivity contribution is 7.14. The predicted molar refractivity (Wildman–Crippen MR) is 94.4 cm³/mol. The number of rotatable bonds is 5. The van der Waals surface area contributed by atoms with Crippen molar-refractivity contribution in [1.82, 2.24) is 4.90 Å². The van der Waals surface area contributed by atoms with E-state index in [4.69, 9.17) is 4.74 Å². The number of aryl methyl sites for hydroxylation is 1. The molecule has 0 saturated heterocycles. The Morgan fingerprint density at radius 1 is 1.42 bits per heavy atom. The molecule has 3 nitrogen and oxygen atoms in total. The van der Waals surface area contributed by atoms with E-state index < -0.39 is 0 Å². The highest BCUT2D eigenvalue weighted by Crippen LogP contribution is 2.32. The zero-order chi connectivity index (χ0) is 17.1. The number of halogens is 1. The van der Waals surface area contributed by atoms with Crippen LogP contribution in [0.4, 0.5) is 4.39 Å². The van der Waals surface area contributed by atoms with Gasteiger partial charge in [0.1, 0.15) is 6.61 Å². The van der Waals surface area contributed by atoms with Crippen molar-refractivity contribution in [2.75, 3.05) is 20.2 Å². The highest BCUT2D eigenvalue weighted by atomic mass is 32.1. The molecule has 0 N–H and O–H groups in total. The van der Waals surface area contributed by atoms with Gasteiger partial charge < -0.3 is 9.64 Å². The lowest BCUT2D eigenvalue weighted by molar-refractivity contribution is 0.0777. The van der Waals surface area contributed by atoms with Crippen LogP contribution in [0.1, 0.15) is 33.5 Å². The highest BCUT2D eigenvalue weighted by Gasteiger charge is 2.22. The Kier molecular flexibility index (Phi) is 5.19. The lowest BCUT2D eigenvalue weighted by atomic mass is 9.90. The predicted octanol–water partition coefficient (Wildman–Crippen LogP) is 4.16. The second-order valence-corrected chi connectivity index (χ2v) is 7.55. The average Bonchev–Trinajstić information content (AvgIpc) is 2.98. The first-order chi connectivity index (χ1) is 11.5. The van der Waals surface area contributed by atoms with Crippen LogP contribution in [0.3, 0.4) is 0 Å². The maximum absolute atomic E-state index is 13.5. The van der Waals surface area contributed by atoms with Gasteiger partial charge in [-0.1, -0.05) is 19.1 Å². The molecule has 1 amide bonds. The first-order valence-electron chi connectivity index (χ1n) is 8.29. The van der Waals surface area contributed by atoms with Crippen molar-refractivity contribution >= 4 is 17.2 Å². The fourth-order valence-corrected chi connectivity index (χ4v) is 4.16. The van der Waals surface area contributed by atoms with Gasteiger partial charge in [0.15, 0.2) is 11.6 Å². The van der Waals surface area contributed by atoms with Crippen molar-refractivity contribution in [3.05, 3.63) is 51.5 Å². The number of carbonyl (C=O) groups excluding carboxylic acids is 1. The summed E-state index contributed by atoms with van der Waals surface area (Å²) in [6.45, 7) is 2.95. The zero-order valence-electron chi connectivity index (χ0n) is 14.0. The van der Waals surface area contributed by atoms with Gasteiger partial charge in [0.05, 0.1) is 11.4 Å². The number of nitrogens with zero attached hydrogens (tertiary/aromatic N) is 1. The smallest absolute Gasteiger partial charge is 0.263 e. The lowest BCUT2D eigenvalue weighted by Gasteiger charge is -2.16. The monoisotopic (exact) mass is 347 g/mol. The molecule has 0 spiro atoms. The van der Waals surface area contributed by atoms with Crippen molar-refractivity contribution in [1.29, 1.82) is 0 Å². The standard InChI is InChI=1S/C19H22FNO2S/c1-13-7-8-17-14(11-13)12-18(24-17)19(22)21(2)9-10-23-16-6-4-3-5-15(16)20/h3-6,12-13H,7-11H2,1-2H3. The summed E-state index contributed by atoms with van der Waals surface area (Å²) in [5.41, 5.74) is 1.33. The molecular weight excluding hydrogens is 325 g/mol. The van der Waals surface area contributed by atoms with Crippen LogP contribution in [0.2, 0.25) is 0 Å². The lowest BCUT2D eigenvalue weighted by Crippen LogP contribution is -2.30. The molecule has 1 unspecified atom stereocenters. The van der Waals surface area contributed by atoms with Gasteiger partial charge in [-0.25, -0.2) is 4.39 Å². The number of amides is 1. The van der Waals surface area contributed by atoms with Crippen LogP contribution in [-0.4, -0.2) is 31.0 Å². The fraction of sp³-hybridized carbons (Fsp3) is 0.421. The molecule has 0 radical (unpaired) electrons. The molecule has 2 aromatic rings. The molecular formula is C19H22FNO2S. The molecule has 0 aliphatic heterocycles. The first-order valence-corrected chi connectivity index (χ1v) is 9.10. The van der Waals surface area contributed by atoms with Crippen molar-refractivity contribution in [3.8, 4) is 5.75 Å². The molecule has 0 bridgehead atoms. The second-order valence-electron chi connectivity index (χ2n) is 6.41. The SMILES string of the molecule is CC1CCc2sc(C(=O)N(C)CCOc3ccccc3F)cc2C1. The Hall–Kier alpha value is -1.88. The van der Waals surface area contributed by atoms with E-state index in [1.54, 1.807) is 41.5 Å². The number of thiophene rings is 1. The summed E-state index contributed by atoms with van der Waals surface area (Å²) in [6, 6.07) is 8.35. The van der Waals surface area contributed by atoms with E-state index in [-0.39, 0.29) is 24.1 Å². The van der Waals surface area contributed by atoms with Crippen LogP contribution < -0.4 is 4.74 Å². The minimum Gasteiger partial charge on any atom is -0.489 e. The molecule has 1 aliphatic carbocycles. The van der Waals surface area contributed by atoms with Crippen LogP contribution in [0.5, 0.6) is 5.75 Å². The van der Waals surface area contributed by atoms with Crippen LogP contribution in [-0.2, 0) is 12.8 Å². The Morgan fingerprint density at radius 3 is 3.00 bits per heavy atom. The van der Waals surface area contributed by atoms with Crippen molar-refractivity contribution in [3.63, 3.8) is 0 Å². The number of likely N-dealkylation sites (N-methyl/N-ethyl adjacent to an activating group) is 1. The molecule has 128 valence electrons. The summed E-state index contributed by atoms with van der Waals surface area (Å²) in [5, 5.41) is 0. The van der Waals surface area contributed by atoms with E-state index in [0.717, 1.165) is 17.7 Å². The number of benzene rings is 1. The van der Waals surface area contributed by atoms with E-state index in [1.165, 1.54) is 22.9 Å². The third-order valence-electron chi connectivity index (χ3n) is 4.41. The van der Waals surface area contributed by atoms with E-state index in [0.29, 0.717) is 12.5 Å². The van der Waals surface area contributed by atoms with Gasteiger partial charge in [0, 0.05) is 11.9 Å². The molecule has 3 rings (SSSR count). The quantitative estimate of drug-likeness (QED) is 0.813. The molecule has 1 heterocycles. The number of para-hydroxylation sites is 1. The molecule has 0 saturated carbocycles. The molecule has 0 fully saturated rings. The number of fused-ring (bicyclic) bond motifs is 1. The van der Waals surface area contributed by atoms with Gasteiger partial charge in [-0.15, -0.1) is 11.3 Å². The minimum atomic E-state index is -0.383. The Labute approximate surface area is 146 Å². The summed E-state index contributed by atoms with van der Waals surface area (Å²) in [6.07, 6.45) is 3.35. The molecule has 1 atom stereocenters. The maximum Gasteiger partial charge on any atom is 0.263 e. The van der Waals surface area contributed by atoms with Crippen LogP contribution >= 0.6 is 11.3 Å². The van der Waals surface area contributed by atoms with Crippen LogP contribution in [0.25, 0.3) is 0 Å². The average molecular weight is 347 g/mol. The number of hydrogen-bond acceptors (Lipinski definition) is 3. The van der Waals surface area contributed by atoms with Gasteiger partial charge in [0.2, 0.25) is 0 Å². The zero-order valence-corrected chi connectivity index (χ0v) is 14.9. The molecule has 5 heteroatoms. The van der Waals surface area contributed by atoms with Gasteiger partial charge in [-0.05, 0) is 48.9 Å². The van der Waals surface area contributed by atoms with Gasteiger partial charge >= 0.3 is 0 Å². The van der Waals surface area contributed by atoms with Crippen molar-refractivity contribution in [2.24, 2.45) is 5.92 Å². The third-order valence-corrected chi connectivity index (χ3v) is 5.63. The number of hydrogen-bond donors (Lipinski definition) is 0. The van der Waals surface area contributed by atoms with Gasteiger partial charge in [-0.3, -0.25) is 4.79 Å². The molecule has 1 aromatic carbocycles. The maximum atomic E-state index is 13.5. The first kappa shape index (κ1) is 17.0.